The highest BCUT2D eigenvalue weighted by atomic mass is 16.5. The number of hydrogen-bond acceptors (Lipinski definition) is 4. The molecule has 1 aliphatic rings. The van der Waals surface area contributed by atoms with Gasteiger partial charge < -0.3 is 9.42 Å². The van der Waals surface area contributed by atoms with Gasteiger partial charge in [0.2, 0.25) is 5.91 Å². The number of hydrogen-bond donors (Lipinski definition) is 0. The number of aryl methyl sites for hydroxylation is 1. The number of carbonyl (C=O) groups excluding carboxylic acids is 2. The molecule has 0 aliphatic carbocycles. The molecule has 1 aromatic rings. The summed E-state index contributed by atoms with van der Waals surface area (Å²) in [6.07, 6.45) is 0.450. The van der Waals surface area contributed by atoms with Crippen LogP contribution in [-0.2, 0) is 9.59 Å². The van der Waals surface area contributed by atoms with Gasteiger partial charge in [0.25, 0.3) is 0 Å². The Morgan fingerprint density at radius 2 is 2.21 bits per heavy atom. The van der Waals surface area contributed by atoms with Gasteiger partial charge in [-0.3, -0.25) is 9.59 Å². The number of nitrogens with zero attached hydrogens (tertiary/aromatic N) is 2. The lowest BCUT2D eigenvalue weighted by Gasteiger charge is -2.26. The molecule has 2 rings (SSSR count). The average Bonchev–Trinajstić information content (AvgIpc) is 2.85. The molecule has 5 heteroatoms. The topological polar surface area (TPSA) is 63.4 Å². The van der Waals surface area contributed by atoms with Crippen molar-refractivity contribution in [2.24, 2.45) is 5.92 Å². The maximum absolute atomic E-state index is 12.6. The number of rotatable bonds is 3. The Bertz CT molecular complexity index is 493. The zero-order valence-electron chi connectivity index (χ0n) is 11.8. The quantitative estimate of drug-likeness (QED) is 0.836. The first-order chi connectivity index (χ1) is 8.90. The summed E-state index contributed by atoms with van der Waals surface area (Å²) in [5.74, 6) is 0.406. The number of carbonyl (C=O) groups is 2. The monoisotopic (exact) mass is 264 g/mol. The summed E-state index contributed by atoms with van der Waals surface area (Å²) in [4.78, 5) is 25.8. The molecule has 104 valence electrons. The molecule has 0 spiro atoms. The minimum atomic E-state index is -0.366. The maximum atomic E-state index is 12.6. The Morgan fingerprint density at radius 3 is 2.63 bits per heavy atom. The summed E-state index contributed by atoms with van der Waals surface area (Å²) >= 11 is 0. The number of amides is 1. The van der Waals surface area contributed by atoms with Gasteiger partial charge in [0, 0.05) is 18.5 Å². The van der Waals surface area contributed by atoms with E-state index in [1.165, 1.54) is 0 Å². The maximum Gasteiger partial charge on any atom is 0.234 e. The normalized spacial score (nSPS) is 21.2. The summed E-state index contributed by atoms with van der Waals surface area (Å²) in [6.45, 7) is 7.91. The minimum absolute atomic E-state index is 0.0229. The molecular formula is C14H20N2O3. The van der Waals surface area contributed by atoms with Crippen LogP contribution in [0, 0.1) is 12.8 Å². The third kappa shape index (κ3) is 2.69. The van der Waals surface area contributed by atoms with Gasteiger partial charge in [0.15, 0.2) is 5.78 Å². The van der Waals surface area contributed by atoms with Crippen molar-refractivity contribution in [3.63, 3.8) is 0 Å². The van der Waals surface area contributed by atoms with E-state index >= 15 is 0 Å². The van der Waals surface area contributed by atoms with Crippen molar-refractivity contribution < 1.29 is 14.1 Å². The van der Waals surface area contributed by atoms with Gasteiger partial charge in [0.05, 0.1) is 12.2 Å². The van der Waals surface area contributed by atoms with E-state index in [4.69, 9.17) is 4.52 Å². The molecule has 0 N–H and O–H groups in total. The third-order valence-corrected chi connectivity index (χ3v) is 3.57. The molecule has 1 aliphatic heterocycles. The van der Waals surface area contributed by atoms with Crippen LogP contribution in [0.3, 0.4) is 0 Å². The molecular weight excluding hydrogens is 244 g/mol. The Kier molecular flexibility index (Phi) is 3.73. The molecule has 0 bridgehead atoms. The molecule has 0 radical (unpaired) electrons. The molecule has 0 saturated carbocycles. The third-order valence-electron chi connectivity index (χ3n) is 3.57. The lowest BCUT2D eigenvalue weighted by Crippen LogP contribution is -2.39. The predicted molar refractivity (Wildman–Crippen MR) is 69.6 cm³/mol. The van der Waals surface area contributed by atoms with Gasteiger partial charge in [-0.15, -0.1) is 0 Å². The fourth-order valence-electron chi connectivity index (χ4n) is 2.59. The molecule has 2 unspecified atom stereocenters. The SMILES string of the molecule is Cc1cc(C(C(=O)N2CC(=O)CC2C)C(C)C)on1. The van der Waals surface area contributed by atoms with Crippen LogP contribution < -0.4 is 0 Å². The zero-order chi connectivity index (χ0) is 14.2. The van der Waals surface area contributed by atoms with E-state index in [-0.39, 0.29) is 36.1 Å². The summed E-state index contributed by atoms with van der Waals surface area (Å²) in [7, 11) is 0. The Labute approximate surface area is 112 Å². The van der Waals surface area contributed by atoms with E-state index in [9.17, 15) is 9.59 Å². The van der Waals surface area contributed by atoms with Gasteiger partial charge in [-0.05, 0) is 19.8 Å². The first-order valence-corrected chi connectivity index (χ1v) is 6.65. The first kappa shape index (κ1) is 13.8. The van der Waals surface area contributed by atoms with Crippen molar-refractivity contribution >= 4 is 11.7 Å². The van der Waals surface area contributed by atoms with Crippen LogP contribution in [0.25, 0.3) is 0 Å². The van der Waals surface area contributed by atoms with Crippen LogP contribution in [0.4, 0.5) is 0 Å². The molecule has 1 aromatic heterocycles. The van der Waals surface area contributed by atoms with Crippen molar-refractivity contribution in [2.45, 2.75) is 46.1 Å². The predicted octanol–water partition coefficient (Wildman–Crippen LogP) is 1.91. The molecule has 1 amide bonds. The molecule has 5 nitrogen and oxygen atoms in total. The molecule has 0 aromatic carbocycles. The molecule has 1 saturated heterocycles. The van der Waals surface area contributed by atoms with Gasteiger partial charge in [-0.25, -0.2) is 0 Å². The fourth-order valence-corrected chi connectivity index (χ4v) is 2.59. The largest absolute Gasteiger partial charge is 0.360 e. The van der Waals surface area contributed by atoms with Crippen LogP contribution in [0.1, 0.15) is 44.6 Å². The number of Topliss-reactive ketones (excluding diaryl/α,β-unsaturated/α-hetero) is 1. The van der Waals surface area contributed by atoms with Gasteiger partial charge in [0.1, 0.15) is 11.7 Å². The highest BCUT2D eigenvalue weighted by Gasteiger charge is 2.38. The second-order valence-corrected chi connectivity index (χ2v) is 5.65. The van der Waals surface area contributed by atoms with E-state index in [0.717, 1.165) is 5.69 Å². The fraction of sp³-hybridized carbons (Fsp3) is 0.643. The highest BCUT2D eigenvalue weighted by Crippen LogP contribution is 2.29. The van der Waals surface area contributed by atoms with Crippen LogP contribution in [0.2, 0.25) is 0 Å². The van der Waals surface area contributed by atoms with E-state index in [1.54, 1.807) is 11.0 Å². The summed E-state index contributed by atoms with van der Waals surface area (Å²) in [6, 6.07) is 1.77. The van der Waals surface area contributed by atoms with Gasteiger partial charge in [-0.2, -0.15) is 0 Å². The molecule has 19 heavy (non-hydrogen) atoms. The van der Waals surface area contributed by atoms with Crippen LogP contribution in [0.5, 0.6) is 0 Å². The number of ketones is 1. The first-order valence-electron chi connectivity index (χ1n) is 6.65. The molecule has 2 heterocycles. The van der Waals surface area contributed by atoms with Crippen molar-refractivity contribution in [3.8, 4) is 0 Å². The Hall–Kier alpha value is -1.65. The highest BCUT2D eigenvalue weighted by molar-refractivity contribution is 5.92. The zero-order valence-corrected chi connectivity index (χ0v) is 11.8. The lowest BCUT2D eigenvalue weighted by molar-refractivity contribution is -0.136. The standard InChI is InChI=1S/C14H20N2O3/c1-8(2)13(12-5-9(3)15-19-12)14(18)16-7-11(17)6-10(16)4/h5,8,10,13H,6-7H2,1-4H3. The summed E-state index contributed by atoms with van der Waals surface area (Å²) in [5.41, 5.74) is 0.763. The minimum Gasteiger partial charge on any atom is -0.360 e. The van der Waals surface area contributed by atoms with Crippen molar-refractivity contribution in [3.05, 3.63) is 17.5 Å². The second kappa shape index (κ2) is 5.15. The van der Waals surface area contributed by atoms with E-state index in [1.807, 2.05) is 27.7 Å². The molecule has 2 atom stereocenters. The second-order valence-electron chi connectivity index (χ2n) is 5.65. The van der Waals surface area contributed by atoms with Gasteiger partial charge in [-0.1, -0.05) is 19.0 Å². The Morgan fingerprint density at radius 1 is 1.53 bits per heavy atom. The van der Waals surface area contributed by atoms with E-state index in [2.05, 4.69) is 5.16 Å². The number of likely N-dealkylation sites (tertiary alicyclic amines) is 1. The van der Waals surface area contributed by atoms with Crippen LogP contribution in [-0.4, -0.2) is 34.3 Å². The van der Waals surface area contributed by atoms with Crippen LogP contribution in [0.15, 0.2) is 10.6 Å². The average molecular weight is 264 g/mol. The summed E-state index contributed by atoms with van der Waals surface area (Å²) < 4.78 is 5.25. The van der Waals surface area contributed by atoms with Crippen LogP contribution >= 0.6 is 0 Å². The van der Waals surface area contributed by atoms with E-state index < -0.39 is 0 Å². The lowest BCUT2D eigenvalue weighted by atomic mass is 9.91. The van der Waals surface area contributed by atoms with Crippen molar-refractivity contribution in [2.75, 3.05) is 6.54 Å². The smallest absolute Gasteiger partial charge is 0.234 e. The van der Waals surface area contributed by atoms with Crippen molar-refractivity contribution in [1.82, 2.24) is 10.1 Å². The van der Waals surface area contributed by atoms with Gasteiger partial charge >= 0.3 is 0 Å². The Balaban J connectivity index is 2.25. The van der Waals surface area contributed by atoms with Crippen molar-refractivity contribution in [1.29, 1.82) is 0 Å². The number of aromatic nitrogens is 1. The summed E-state index contributed by atoms with van der Waals surface area (Å²) in [5, 5.41) is 3.85. The molecule has 1 fully saturated rings. The van der Waals surface area contributed by atoms with E-state index in [0.29, 0.717) is 12.2 Å².